The Kier molecular flexibility index (Phi) is 4.36. The average molecular weight is 115 g/mol. The third kappa shape index (κ3) is 2.64. The van der Waals surface area contributed by atoms with Crippen LogP contribution in [0.3, 0.4) is 0 Å². The fourth-order valence-electron chi connectivity index (χ4n) is 0.478. The molecule has 8 heavy (non-hydrogen) atoms. The Hall–Kier alpha value is -0.500. The molecule has 2 heteroatoms. The van der Waals surface area contributed by atoms with Gasteiger partial charge in [0.25, 0.3) is 0 Å². The van der Waals surface area contributed by atoms with Gasteiger partial charge in [-0.1, -0.05) is 6.92 Å². The minimum atomic E-state index is 0.504. The van der Waals surface area contributed by atoms with Crippen LogP contribution in [-0.4, -0.2) is 13.7 Å². The molecule has 2 nitrogen and oxygen atoms in total. The largest absolute Gasteiger partial charge is 0.500 e. The molecule has 0 saturated heterocycles. The van der Waals surface area contributed by atoms with Crippen LogP contribution in [-0.2, 0) is 4.74 Å². The topological polar surface area (TPSA) is 35.2 Å². The number of ether oxygens (including phenoxy) is 1. The summed E-state index contributed by atoms with van der Waals surface area (Å²) in [6, 6.07) is 0. The molecule has 0 fully saturated rings. The molecule has 0 rings (SSSR count). The second kappa shape index (κ2) is 4.65. The molecule has 0 radical (unpaired) electrons. The lowest BCUT2D eigenvalue weighted by molar-refractivity contribution is 0.285. The van der Waals surface area contributed by atoms with Gasteiger partial charge in [0.15, 0.2) is 0 Å². The smallest absolute Gasteiger partial charge is 0.105 e. The van der Waals surface area contributed by atoms with E-state index in [-0.39, 0.29) is 0 Å². The van der Waals surface area contributed by atoms with Crippen LogP contribution in [0.15, 0.2) is 11.8 Å². The summed E-state index contributed by atoms with van der Waals surface area (Å²) in [5, 5.41) is 0. The van der Waals surface area contributed by atoms with E-state index in [9.17, 15) is 0 Å². The molecule has 0 aromatic heterocycles. The van der Waals surface area contributed by atoms with Gasteiger partial charge in [-0.15, -0.1) is 0 Å². The SMILES string of the molecule is CC/C=C(\CN)OC. The zero-order valence-electron chi connectivity index (χ0n) is 5.48. The second-order valence-corrected chi connectivity index (χ2v) is 1.49. The monoisotopic (exact) mass is 115 g/mol. The van der Waals surface area contributed by atoms with Crippen LogP contribution in [0.2, 0.25) is 0 Å². The Morgan fingerprint density at radius 1 is 1.75 bits per heavy atom. The Balaban J connectivity index is 3.49. The van der Waals surface area contributed by atoms with Crippen molar-refractivity contribution >= 4 is 0 Å². The molecule has 48 valence electrons. The van der Waals surface area contributed by atoms with Gasteiger partial charge in [0.05, 0.1) is 13.7 Å². The zero-order chi connectivity index (χ0) is 6.41. The lowest BCUT2D eigenvalue weighted by Crippen LogP contribution is -2.04. The van der Waals surface area contributed by atoms with E-state index in [0.717, 1.165) is 12.2 Å². The van der Waals surface area contributed by atoms with Crippen molar-refractivity contribution in [1.82, 2.24) is 0 Å². The highest BCUT2D eigenvalue weighted by Gasteiger charge is 1.85. The van der Waals surface area contributed by atoms with Crippen LogP contribution in [0, 0.1) is 0 Å². The number of hydrogen-bond donors (Lipinski definition) is 1. The van der Waals surface area contributed by atoms with E-state index in [1.54, 1.807) is 7.11 Å². The molecule has 0 atom stereocenters. The Morgan fingerprint density at radius 2 is 2.38 bits per heavy atom. The molecule has 0 heterocycles. The van der Waals surface area contributed by atoms with Crippen LogP contribution in [0.4, 0.5) is 0 Å². The molecule has 0 aromatic carbocycles. The maximum absolute atomic E-state index is 5.28. The molecule has 0 bridgehead atoms. The fourth-order valence-corrected chi connectivity index (χ4v) is 0.478. The van der Waals surface area contributed by atoms with E-state index in [4.69, 9.17) is 10.5 Å². The van der Waals surface area contributed by atoms with Gasteiger partial charge in [0.2, 0.25) is 0 Å². The van der Waals surface area contributed by atoms with Crippen molar-refractivity contribution in [1.29, 1.82) is 0 Å². The van der Waals surface area contributed by atoms with Gasteiger partial charge in [-0.2, -0.15) is 0 Å². The highest BCUT2D eigenvalue weighted by Crippen LogP contribution is 1.92. The quantitative estimate of drug-likeness (QED) is 0.554. The van der Waals surface area contributed by atoms with Crippen molar-refractivity contribution in [3.63, 3.8) is 0 Å². The Morgan fingerprint density at radius 3 is 2.50 bits per heavy atom. The van der Waals surface area contributed by atoms with Gasteiger partial charge in [0, 0.05) is 0 Å². The van der Waals surface area contributed by atoms with E-state index in [0.29, 0.717) is 6.54 Å². The molecule has 0 saturated carbocycles. The first-order chi connectivity index (χ1) is 3.85. The number of rotatable bonds is 3. The van der Waals surface area contributed by atoms with Crippen LogP contribution >= 0.6 is 0 Å². The minimum absolute atomic E-state index is 0.504. The van der Waals surface area contributed by atoms with Crippen LogP contribution in [0.5, 0.6) is 0 Å². The predicted octanol–water partition coefficient (Wildman–Crippen LogP) is 0.885. The lowest BCUT2D eigenvalue weighted by atomic mass is 10.4. The standard InChI is InChI=1S/C6H13NO/c1-3-4-6(5-7)8-2/h4H,3,5,7H2,1-2H3/b6-4+. The maximum atomic E-state index is 5.28. The van der Waals surface area contributed by atoms with E-state index in [2.05, 4.69) is 6.92 Å². The average Bonchev–Trinajstić information content (AvgIpc) is 1.83. The summed E-state index contributed by atoms with van der Waals surface area (Å²) < 4.78 is 4.88. The number of nitrogens with two attached hydrogens (primary N) is 1. The summed E-state index contributed by atoms with van der Waals surface area (Å²) in [4.78, 5) is 0. The summed E-state index contributed by atoms with van der Waals surface area (Å²) in [6.45, 7) is 2.55. The molecule has 0 amide bonds. The van der Waals surface area contributed by atoms with Gasteiger partial charge in [-0.3, -0.25) is 0 Å². The summed E-state index contributed by atoms with van der Waals surface area (Å²) in [7, 11) is 1.63. The minimum Gasteiger partial charge on any atom is -0.500 e. The molecular weight excluding hydrogens is 102 g/mol. The van der Waals surface area contributed by atoms with Crippen LogP contribution < -0.4 is 5.73 Å². The molecular formula is C6H13NO. The molecule has 0 aromatic rings. The first-order valence-electron chi connectivity index (χ1n) is 2.78. The van der Waals surface area contributed by atoms with Crippen molar-refractivity contribution < 1.29 is 4.74 Å². The van der Waals surface area contributed by atoms with Crippen molar-refractivity contribution in [3.8, 4) is 0 Å². The maximum Gasteiger partial charge on any atom is 0.105 e. The van der Waals surface area contributed by atoms with E-state index < -0.39 is 0 Å². The van der Waals surface area contributed by atoms with Gasteiger partial charge in [-0.05, 0) is 12.5 Å². The summed E-state index contributed by atoms with van der Waals surface area (Å²) in [5.74, 6) is 0.868. The van der Waals surface area contributed by atoms with Crippen LogP contribution in [0.25, 0.3) is 0 Å². The van der Waals surface area contributed by atoms with Gasteiger partial charge >= 0.3 is 0 Å². The molecule has 0 aliphatic heterocycles. The van der Waals surface area contributed by atoms with Crippen molar-refractivity contribution in [2.45, 2.75) is 13.3 Å². The van der Waals surface area contributed by atoms with Gasteiger partial charge in [0.1, 0.15) is 5.76 Å². The fraction of sp³-hybridized carbons (Fsp3) is 0.667. The predicted molar refractivity (Wildman–Crippen MR) is 34.4 cm³/mol. The van der Waals surface area contributed by atoms with Crippen LogP contribution in [0.1, 0.15) is 13.3 Å². The second-order valence-electron chi connectivity index (χ2n) is 1.49. The van der Waals surface area contributed by atoms with Crippen molar-refractivity contribution in [2.24, 2.45) is 5.73 Å². The molecule has 0 aliphatic carbocycles. The van der Waals surface area contributed by atoms with Crippen molar-refractivity contribution in [2.75, 3.05) is 13.7 Å². The zero-order valence-corrected chi connectivity index (χ0v) is 5.48. The summed E-state index contributed by atoms with van der Waals surface area (Å²) in [5.41, 5.74) is 5.28. The highest BCUT2D eigenvalue weighted by atomic mass is 16.5. The number of methoxy groups -OCH3 is 1. The highest BCUT2D eigenvalue weighted by molar-refractivity contribution is 4.92. The molecule has 0 unspecified atom stereocenters. The normalized spacial score (nSPS) is 11.6. The van der Waals surface area contributed by atoms with E-state index in [1.165, 1.54) is 0 Å². The number of allylic oxidation sites excluding steroid dienone is 1. The first kappa shape index (κ1) is 7.50. The summed E-state index contributed by atoms with van der Waals surface area (Å²) >= 11 is 0. The Bertz CT molecular complexity index is 72.6. The van der Waals surface area contributed by atoms with Gasteiger partial charge in [-0.25, -0.2) is 0 Å². The Labute approximate surface area is 50.3 Å². The summed E-state index contributed by atoms with van der Waals surface area (Å²) in [6.07, 6.45) is 2.96. The number of hydrogen-bond acceptors (Lipinski definition) is 2. The first-order valence-corrected chi connectivity index (χ1v) is 2.78. The van der Waals surface area contributed by atoms with Crippen molar-refractivity contribution in [3.05, 3.63) is 11.8 Å². The molecule has 2 N–H and O–H groups in total. The lowest BCUT2D eigenvalue weighted by Gasteiger charge is -1.99. The third-order valence-corrected chi connectivity index (χ3v) is 0.895. The van der Waals surface area contributed by atoms with Gasteiger partial charge < -0.3 is 10.5 Å². The van der Waals surface area contributed by atoms with E-state index in [1.807, 2.05) is 6.08 Å². The third-order valence-electron chi connectivity index (χ3n) is 0.895. The molecule has 0 spiro atoms. The van der Waals surface area contributed by atoms with E-state index >= 15 is 0 Å². The molecule has 0 aliphatic rings.